The number of carbonyl (C=O) groups is 1. The molecule has 1 aromatic heterocycles. The maximum Gasteiger partial charge on any atom is 0.241 e. The Kier molecular flexibility index (Phi) is 4.19. The van der Waals surface area contributed by atoms with Crippen LogP contribution in [-0.4, -0.2) is 32.2 Å². The van der Waals surface area contributed by atoms with Crippen molar-refractivity contribution in [2.24, 2.45) is 5.73 Å². The van der Waals surface area contributed by atoms with Gasteiger partial charge in [-0.05, 0) is 35.0 Å². The summed E-state index contributed by atoms with van der Waals surface area (Å²) in [5.74, 6) is -0.185. The van der Waals surface area contributed by atoms with Crippen LogP contribution in [0.5, 0.6) is 0 Å². The Morgan fingerprint density at radius 1 is 1.53 bits per heavy atom. The van der Waals surface area contributed by atoms with Gasteiger partial charge in [0.1, 0.15) is 6.33 Å². The Bertz CT molecular complexity index is 539. The van der Waals surface area contributed by atoms with Gasteiger partial charge in [0, 0.05) is 5.69 Å². The van der Waals surface area contributed by atoms with Gasteiger partial charge in [-0.3, -0.25) is 4.79 Å². The molecule has 1 atom stereocenters. The molecule has 3 N–H and O–H groups in total. The Morgan fingerprint density at radius 2 is 2.37 bits per heavy atom. The minimum atomic E-state index is -0.485. The second-order valence-corrected chi connectivity index (χ2v) is 4.19. The molecule has 0 aliphatic carbocycles. The van der Waals surface area contributed by atoms with Gasteiger partial charge in [0.05, 0.1) is 11.7 Å². The smallest absolute Gasteiger partial charge is 0.241 e. The van der Waals surface area contributed by atoms with Crippen LogP contribution in [-0.2, 0) is 4.79 Å². The number of carbonyl (C=O) groups excluding carboxylic acids is 1. The first-order chi connectivity index (χ1) is 9.20. The van der Waals surface area contributed by atoms with Crippen LogP contribution in [0, 0.1) is 0 Å². The van der Waals surface area contributed by atoms with Gasteiger partial charge < -0.3 is 11.1 Å². The number of nitrogens with one attached hydrogen (secondary N) is 1. The third-order valence-electron chi connectivity index (χ3n) is 2.66. The summed E-state index contributed by atoms with van der Waals surface area (Å²) in [5, 5.41) is 13.7. The third kappa shape index (κ3) is 3.35. The Morgan fingerprint density at radius 3 is 3.05 bits per heavy atom. The third-order valence-corrected chi connectivity index (χ3v) is 2.66. The van der Waals surface area contributed by atoms with Gasteiger partial charge in [0.15, 0.2) is 0 Å². The topological polar surface area (TPSA) is 98.7 Å². The quantitative estimate of drug-likeness (QED) is 0.825. The van der Waals surface area contributed by atoms with E-state index in [4.69, 9.17) is 5.73 Å². The highest BCUT2D eigenvalue weighted by molar-refractivity contribution is 5.94. The summed E-state index contributed by atoms with van der Waals surface area (Å²) in [6, 6.07) is 6.76. The Balaban J connectivity index is 2.09. The lowest BCUT2D eigenvalue weighted by Gasteiger charge is -2.11. The molecule has 0 aliphatic rings. The van der Waals surface area contributed by atoms with Crippen molar-refractivity contribution in [2.75, 3.05) is 5.32 Å². The molecular weight excluding hydrogens is 244 g/mol. The van der Waals surface area contributed by atoms with E-state index in [2.05, 4.69) is 20.8 Å². The SMILES string of the molecule is CCCC(N)C(=O)Nc1cccc(-n2cnnn2)c1. The Hall–Kier alpha value is -2.28. The predicted octanol–water partition coefficient (Wildman–Crippen LogP) is 0.728. The summed E-state index contributed by atoms with van der Waals surface area (Å²) in [7, 11) is 0. The van der Waals surface area contributed by atoms with Crippen LogP contribution in [0.3, 0.4) is 0 Å². The maximum atomic E-state index is 11.8. The van der Waals surface area contributed by atoms with E-state index < -0.39 is 6.04 Å². The highest BCUT2D eigenvalue weighted by Crippen LogP contribution is 2.13. The zero-order valence-corrected chi connectivity index (χ0v) is 10.7. The van der Waals surface area contributed by atoms with Crippen molar-refractivity contribution >= 4 is 11.6 Å². The molecule has 0 bridgehead atoms. The summed E-state index contributed by atoms with van der Waals surface area (Å²) >= 11 is 0. The van der Waals surface area contributed by atoms with Crippen molar-refractivity contribution < 1.29 is 4.79 Å². The fourth-order valence-electron chi connectivity index (χ4n) is 1.68. The van der Waals surface area contributed by atoms with E-state index in [0.29, 0.717) is 12.1 Å². The van der Waals surface area contributed by atoms with E-state index in [-0.39, 0.29) is 5.91 Å². The van der Waals surface area contributed by atoms with Crippen molar-refractivity contribution in [3.05, 3.63) is 30.6 Å². The predicted molar refractivity (Wildman–Crippen MR) is 70.7 cm³/mol. The van der Waals surface area contributed by atoms with E-state index in [1.54, 1.807) is 12.1 Å². The van der Waals surface area contributed by atoms with Crippen LogP contribution >= 0.6 is 0 Å². The molecule has 1 heterocycles. The molecule has 0 spiro atoms. The van der Waals surface area contributed by atoms with Gasteiger partial charge in [-0.1, -0.05) is 19.4 Å². The molecule has 1 unspecified atom stereocenters. The van der Waals surface area contributed by atoms with Crippen molar-refractivity contribution in [2.45, 2.75) is 25.8 Å². The lowest BCUT2D eigenvalue weighted by Crippen LogP contribution is -2.35. The lowest BCUT2D eigenvalue weighted by atomic mass is 10.1. The minimum Gasteiger partial charge on any atom is -0.325 e. The van der Waals surface area contributed by atoms with E-state index in [0.717, 1.165) is 12.1 Å². The van der Waals surface area contributed by atoms with E-state index in [1.807, 2.05) is 19.1 Å². The van der Waals surface area contributed by atoms with Crippen LogP contribution < -0.4 is 11.1 Å². The van der Waals surface area contributed by atoms with Crippen molar-refractivity contribution in [3.8, 4) is 5.69 Å². The molecule has 0 aliphatic heterocycles. The second-order valence-electron chi connectivity index (χ2n) is 4.19. The summed E-state index contributed by atoms with van der Waals surface area (Å²) in [4.78, 5) is 11.8. The molecule has 1 amide bonds. The van der Waals surface area contributed by atoms with Gasteiger partial charge >= 0.3 is 0 Å². The van der Waals surface area contributed by atoms with Crippen molar-refractivity contribution in [1.29, 1.82) is 0 Å². The number of hydrogen-bond acceptors (Lipinski definition) is 5. The minimum absolute atomic E-state index is 0.185. The summed E-state index contributed by atoms with van der Waals surface area (Å²) < 4.78 is 1.52. The van der Waals surface area contributed by atoms with Gasteiger partial charge in [0.2, 0.25) is 5.91 Å². The monoisotopic (exact) mass is 260 g/mol. The number of nitrogens with two attached hydrogens (primary N) is 1. The fourth-order valence-corrected chi connectivity index (χ4v) is 1.68. The number of tetrazole rings is 1. The number of amides is 1. The van der Waals surface area contributed by atoms with Gasteiger partial charge in [-0.25, -0.2) is 4.68 Å². The highest BCUT2D eigenvalue weighted by atomic mass is 16.2. The maximum absolute atomic E-state index is 11.8. The molecular formula is C12H16N6O. The van der Waals surface area contributed by atoms with Gasteiger partial charge in [-0.2, -0.15) is 0 Å². The molecule has 0 saturated heterocycles. The fraction of sp³-hybridized carbons (Fsp3) is 0.333. The first kappa shape index (κ1) is 13.2. The first-order valence-electron chi connectivity index (χ1n) is 6.10. The zero-order chi connectivity index (χ0) is 13.7. The molecule has 100 valence electrons. The normalized spacial score (nSPS) is 12.1. The van der Waals surface area contributed by atoms with E-state index in [9.17, 15) is 4.79 Å². The number of anilines is 1. The summed E-state index contributed by atoms with van der Waals surface area (Å²) in [6.45, 7) is 1.99. The van der Waals surface area contributed by atoms with Gasteiger partial charge in [0.25, 0.3) is 0 Å². The zero-order valence-electron chi connectivity index (χ0n) is 10.7. The number of aromatic nitrogens is 4. The highest BCUT2D eigenvalue weighted by Gasteiger charge is 2.12. The lowest BCUT2D eigenvalue weighted by molar-refractivity contribution is -0.117. The molecule has 2 aromatic rings. The molecule has 0 saturated carbocycles. The average molecular weight is 260 g/mol. The molecule has 7 nitrogen and oxygen atoms in total. The molecule has 7 heteroatoms. The number of benzene rings is 1. The van der Waals surface area contributed by atoms with Crippen LogP contribution in [0.4, 0.5) is 5.69 Å². The Labute approximate surface area is 110 Å². The number of hydrogen-bond donors (Lipinski definition) is 2. The molecule has 0 fully saturated rings. The van der Waals surface area contributed by atoms with Crippen molar-refractivity contribution in [3.63, 3.8) is 0 Å². The van der Waals surface area contributed by atoms with Crippen LogP contribution in [0.1, 0.15) is 19.8 Å². The van der Waals surface area contributed by atoms with Crippen molar-refractivity contribution in [1.82, 2.24) is 20.2 Å². The molecule has 0 radical (unpaired) electrons. The van der Waals surface area contributed by atoms with Crippen LogP contribution in [0.25, 0.3) is 5.69 Å². The summed E-state index contributed by atoms with van der Waals surface area (Å²) in [6.07, 6.45) is 3.03. The van der Waals surface area contributed by atoms with Crippen LogP contribution in [0.15, 0.2) is 30.6 Å². The van der Waals surface area contributed by atoms with E-state index >= 15 is 0 Å². The molecule has 2 rings (SSSR count). The standard InChI is InChI=1S/C12H16N6O/c1-2-4-11(13)12(19)15-9-5-3-6-10(7-9)18-8-14-16-17-18/h3,5-8,11H,2,4,13H2,1H3,(H,15,19). The largest absolute Gasteiger partial charge is 0.325 e. The number of rotatable bonds is 5. The number of nitrogens with zero attached hydrogens (tertiary/aromatic N) is 4. The van der Waals surface area contributed by atoms with E-state index in [1.165, 1.54) is 11.0 Å². The van der Waals surface area contributed by atoms with Gasteiger partial charge in [-0.15, -0.1) is 5.10 Å². The molecule has 1 aromatic carbocycles. The average Bonchev–Trinajstić information content (AvgIpc) is 2.93. The van der Waals surface area contributed by atoms with Crippen LogP contribution in [0.2, 0.25) is 0 Å². The first-order valence-corrected chi connectivity index (χ1v) is 6.10. The summed E-state index contributed by atoms with van der Waals surface area (Å²) in [5.41, 5.74) is 7.20. The second kappa shape index (κ2) is 6.05. The molecule has 19 heavy (non-hydrogen) atoms.